The second kappa shape index (κ2) is 16.4. The van der Waals surface area contributed by atoms with Crippen LogP contribution in [0, 0.1) is 0 Å². The Morgan fingerprint density at radius 1 is 0.404 bits per heavy atom. The van der Waals surface area contributed by atoms with Crippen molar-refractivity contribution in [3.05, 3.63) is 9.30 Å². The van der Waals surface area contributed by atoms with E-state index in [1.807, 2.05) is 0 Å². The van der Waals surface area contributed by atoms with E-state index in [9.17, 15) is 74.6 Å². The van der Waals surface area contributed by atoms with Gasteiger partial charge in [0, 0.05) is 0 Å². The van der Waals surface area contributed by atoms with Gasteiger partial charge in [0.25, 0.3) is 0 Å². The van der Waals surface area contributed by atoms with Crippen molar-refractivity contribution < 1.29 is 74.6 Å². The molecule has 25 heteroatoms. The van der Waals surface area contributed by atoms with E-state index in [2.05, 4.69) is 78.6 Å². The third-order valence-corrected chi connectivity index (χ3v) is 20.3. The van der Waals surface area contributed by atoms with Crippen molar-refractivity contribution in [3.8, 4) is 0 Å². The molecule has 0 aliphatic carbocycles. The van der Waals surface area contributed by atoms with E-state index in [1.165, 1.54) is 18.6 Å². The summed E-state index contributed by atoms with van der Waals surface area (Å²) < 4.78 is 228. The van der Waals surface area contributed by atoms with Crippen LogP contribution in [0.15, 0.2) is 0 Å². The molecule has 284 valence electrons. The van der Waals surface area contributed by atoms with Crippen LogP contribution in [0.4, 0.5) is 74.6 Å². The summed E-state index contributed by atoms with van der Waals surface area (Å²) >= 11 is -0.536. The number of alkyl halides is 17. The molecule has 0 atom stereocenters. The quantitative estimate of drug-likeness (QED) is 0.0999. The first kappa shape index (κ1) is 52.5. The number of nitrogens with zero attached hydrogens (tertiary/aromatic N) is 2. The van der Waals surface area contributed by atoms with Gasteiger partial charge in [0.15, 0.2) is 0 Å². The first-order valence-electron chi connectivity index (χ1n) is 13.3. The van der Waals surface area contributed by atoms with Gasteiger partial charge >= 0.3 is 169 Å². The van der Waals surface area contributed by atoms with E-state index >= 15 is 0 Å². The summed E-state index contributed by atoms with van der Waals surface area (Å²) in [6, 6.07) is 0. The topological polar surface area (TPSA) is 28.2 Å². The van der Waals surface area contributed by atoms with Crippen LogP contribution < -0.4 is 0 Å². The normalized spacial score (nSPS) is 15.3. The monoisotopic (exact) mass is 1010 g/mol. The molecule has 0 saturated carbocycles. The molecule has 2 nitrogen and oxygen atoms in total. The average Bonchev–Trinajstić information content (AvgIpc) is 2.71. The Labute approximate surface area is 288 Å². The number of rotatable bonds is 13. The zero-order chi connectivity index (χ0) is 39.5. The fourth-order valence-electron chi connectivity index (χ4n) is 3.57. The molecule has 0 heterocycles. The van der Waals surface area contributed by atoms with E-state index in [1.54, 1.807) is 0 Å². The molecule has 0 aliphatic heterocycles. The van der Waals surface area contributed by atoms with Gasteiger partial charge in [-0.2, -0.15) is 0 Å². The summed E-state index contributed by atoms with van der Waals surface area (Å²) in [5.41, 5.74) is 0. The average molecular weight is 1010 g/mol. The molecule has 0 saturated heterocycles. The molecular weight excluding hydrogens is 973 g/mol. The van der Waals surface area contributed by atoms with Gasteiger partial charge in [0.2, 0.25) is 0 Å². The minimum atomic E-state index is -8.55. The third kappa shape index (κ3) is 14.6. The molecular formula is C22H40F17IN2Si4Sn. The molecule has 0 radical (unpaired) electrons. The second-order valence-electron chi connectivity index (χ2n) is 14.2. The molecule has 0 unspecified atom stereocenters. The molecule has 0 spiro atoms. The van der Waals surface area contributed by atoms with Crippen molar-refractivity contribution >= 4 is 68.7 Å². The Hall–Kier alpha value is 1.13. The maximum atomic E-state index is 13.3. The standard InChI is InChI=1S/C10H4F17.2C6H18NSi2.HI.Sn/c1-2-3(11,12)4(13,14)5(15,16)6(17,18)7(19,20)8(21,22)9(23,24)10(25,26)27;2*1-8(2,3)7-9(4,5)6;;/h1-2H2;2*1-6H3;1H;/q;2*-1;;+3/p-1. The summed E-state index contributed by atoms with van der Waals surface area (Å²) in [5.74, 6) is -55.5. The van der Waals surface area contributed by atoms with E-state index in [4.69, 9.17) is 9.30 Å². The Morgan fingerprint density at radius 2 is 0.617 bits per heavy atom. The van der Waals surface area contributed by atoms with Crippen molar-refractivity contribution in [2.24, 2.45) is 0 Å². The van der Waals surface area contributed by atoms with Crippen molar-refractivity contribution in [2.75, 3.05) is 0 Å². The number of halogens is 18. The summed E-state index contributed by atoms with van der Waals surface area (Å²) in [4.78, 5) is 0. The van der Waals surface area contributed by atoms with Crippen LogP contribution in [-0.2, 0) is 0 Å². The predicted octanol–water partition coefficient (Wildman–Crippen LogP) is 12.9. The van der Waals surface area contributed by atoms with Crippen molar-refractivity contribution in [1.29, 1.82) is 0 Å². The van der Waals surface area contributed by atoms with Crippen LogP contribution in [0.5, 0.6) is 0 Å². The number of hydrogen-bond acceptors (Lipinski definition) is 0. The maximum absolute atomic E-state index is 13.3. The Bertz CT molecular complexity index is 923. The SMILES string of the molecule is C[Si](C)(C)[N-][Si](C)(C)C.C[Si](C)(C)[N-][Si](C)(C)C.FC(F)(F)C(F)(F)C(F)(F)C(F)(F)C(F)(F)C(F)(F)C(F)(F)C(F)(F)C[CH2][Sn+2][I]. The van der Waals surface area contributed by atoms with Gasteiger partial charge in [-0.3, -0.25) is 0 Å². The fourth-order valence-corrected chi connectivity index (χ4v) is 22.6. The minimum absolute atomic E-state index is 0.938. The molecule has 47 heavy (non-hydrogen) atoms. The van der Waals surface area contributed by atoms with E-state index in [0.29, 0.717) is 0 Å². The molecule has 0 amide bonds. The number of hydrogen-bond donors (Lipinski definition) is 0. The van der Waals surface area contributed by atoms with Crippen LogP contribution in [-0.4, -0.2) is 97.7 Å². The molecule has 0 fully saturated rings. The fraction of sp³-hybridized carbons (Fsp3) is 1.00. The first-order chi connectivity index (χ1) is 19.7. The molecule has 0 rings (SSSR count). The van der Waals surface area contributed by atoms with E-state index in [0.717, 1.165) is 0 Å². The second-order valence-corrected chi connectivity index (χ2v) is 40.7. The molecule has 0 aliphatic rings. The van der Waals surface area contributed by atoms with Gasteiger partial charge in [-0.05, 0) is 0 Å². The van der Waals surface area contributed by atoms with Gasteiger partial charge in [0.1, 0.15) is 0 Å². The van der Waals surface area contributed by atoms with Crippen LogP contribution in [0.2, 0.25) is 83.0 Å². The van der Waals surface area contributed by atoms with Crippen molar-refractivity contribution in [3.63, 3.8) is 0 Å². The molecule has 0 bridgehead atoms. The third-order valence-electron chi connectivity index (χ3n) is 4.66. The van der Waals surface area contributed by atoms with E-state index in [-0.39, 0.29) is 0 Å². The van der Waals surface area contributed by atoms with E-state index < -0.39 is 109 Å². The van der Waals surface area contributed by atoms with Crippen LogP contribution in [0.3, 0.4) is 0 Å². The summed E-state index contributed by atoms with van der Waals surface area (Å²) in [5, 5.41) is 0. The Kier molecular flexibility index (Phi) is 18.3. The van der Waals surface area contributed by atoms with Crippen LogP contribution in [0.1, 0.15) is 6.42 Å². The van der Waals surface area contributed by atoms with Gasteiger partial charge in [-0.25, -0.2) is 0 Å². The van der Waals surface area contributed by atoms with Gasteiger partial charge < -0.3 is 9.30 Å². The van der Waals surface area contributed by atoms with Crippen LogP contribution >= 0.6 is 18.6 Å². The summed E-state index contributed by atoms with van der Waals surface area (Å²) in [6.07, 6.45) is -10.0. The van der Waals surface area contributed by atoms with Crippen molar-refractivity contribution in [2.45, 2.75) is 137 Å². The van der Waals surface area contributed by atoms with Gasteiger partial charge in [-0.1, -0.05) is 112 Å². The first-order valence-corrected chi connectivity index (χ1v) is 37.4. The van der Waals surface area contributed by atoms with Gasteiger partial charge in [-0.15, -0.1) is 0 Å². The Morgan fingerprint density at radius 3 is 0.787 bits per heavy atom. The zero-order valence-corrected chi connectivity index (χ0v) is 36.6. The van der Waals surface area contributed by atoms with Crippen LogP contribution in [0.25, 0.3) is 9.30 Å². The van der Waals surface area contributed by atoms with Crippen molar-refractivity contribution in [1.82, 2.24) is 0 Å². The molecule has 0 aromatic rings. The Balaban J connectivity index is -0.000000870. The molecule has 0 aromatic carbocycles. The summed E-state index contributed by atoms with van der Waals surface area (Å²) in [6.45, 7) is 27.6. The van der Waals surface area contributed by atoms with Gasteiger partial charge in [0.05, 0.1) is 0 Å². The predicted molar refractivity (Wildman–Crippen MR) is 170 cm³/mol. The zero-order valence-electron chi connectivity index (χ0n) is 27.6. The summed E-state index contributed by atoms with van der Waals surface area (Å²) in [7, 11) is -4.42. The molecule has 0 N–H and O–H groups in total. The molecule has 0 aromatic heterocycles.